The van der Waals surface area contributed by atoms with Gasteiger partial charge in [-0.25, -0.2) is 0 Å². The molecule has 2 N–H and O–H groups in total. The van der Waals surface area contributed by atoms with Crippen LogP contribution in [0.15, 0.2) is 60.7 Å². The molecule has 0 aromatic heterocycles. The van der Waals surface area contributed by atoms with Gasteiger partial charge in [0.2, 0.25) is 5.91 Å². The molecule has 2 heterocycles. The largest absolute Gasteiger partial charge is 0.494 e. The molecule has 1 fully saturated rings. The molecule has 0 aliphatic carbocycles. The number of fused-ring (bicyclic) bond motifs is 4. The number of rotatable bonds is 5. The van der Waals surface area contributed by atoms with Gasteiger partial charge in [0.05, 0.1) is 12.6 Å². The maximum Gasteiger partial charge on any atom is 0.236 e. The number of aryl methyl sites for hydroxylation is 2. The van der Waals surface area contributed by atoms with Gasteiger partial charge in [0, 0.05) is 22.0 Å². The fourth-order valence-corrected chi connectivity index (χ4v) is 5.76. The van der Waals surface area contributed by atoms with Crippen LogP contribution in [0.1, 0.15) is 36.6 Å². The van der Waals surface area contributed by atoms with Crippen LogP contribution in [0.2, 0.25) is 5.02 Å². The van der Waals surface area contributed by atoms with Crippen LogP contribution in [0.4, 0.5) is 11.4 Å². The molecule has 2 bridgehead atoms. The van der Waals surface area contributed by atoms with Crippen LogP contribution < -0.4 is 25.0 Å². The van der Waals surface area contributed by atoms with Gasteiger partial charge in [0.25, 0.3) is 0 Å². The molecular weight excluding hydrogens is 494 g/mol. The van der Waals surface area contributed by atoms with Gasteiger partial charge < -0.3 is 20.1 Å². The first-order chi connectivity index (χ1) is 17.2. The van der Waals surface area contributed by atoms with E-state index in [0.29, 0.717) is 22.5 Å². The Balaban J connectivity index is 1.59. The topological polar surface area (TPSA) is 62.8 Å². The normalized spacial score (nSPS) is 22.2. The first kappa shape index (κ1) is 24.4. The molecule has 0 radical (unpaired) electrons. The molecule has 3 atom stereocenters. The average Bonchev–Trinajstić information content (AvgIpc) is 2.82. The Bertz CT molecular complexity index is 1350. The van der Waals surface area contributed by atoms with Crippen LogP contribution in [0.25, 0.3) is 0 Å². The van der Waals surface area contributed by atoms with Crippen molar-refractivity contribution in [2.75, 3.05) is 16.8 Å². The molecule has 3 aromatic rings. The molecule has 5 rings (SSSR count). The van der Waals surface area contributed by atoms with E-state index in [1.807, 2.05) is 87.2 Å². The number of ether oxygens (including phenoxy) is 2. The van der Waals surface area contributed by atoms with Crippen molar-refractivity contribution in [2.45, 2.75) is 39.5 Å². The molecular formula is C28H28ClN3O3S. The SMILES string of the molecule is CCOc1ccc(N2C(=S)N[C@@H]3c4cc(Cl)ccc4O[C@]2(C)[C@@H]3C(=O)Nc2ccc(C)cc2C)cc1. The van der Waals surface area contributed by atoms with Crippen molar-refractivity contribution in [3.05, 3.63) is 82.4 Å². The molecule has 186 valence electrons. The number of carbonyl (C=O) groups excluding carboxylic acids is 1. The van der Waals surface area contributed by atoms with Crippen LogP contribution in [0.5, 0.6) is 11.5 Å². The fraction of sp³-hybridized carbons (Fsp3) is 0.286. The van der Waals surface area contributed by atoms with E-state index in [0.717, 1.165) is 33.8 Å². The zero-order valence-corrected chi connectivity index (χ0v) is 22.2. The van der Waals surface area contributed by atoms with Crippen molar-refractivity contribution < 1.29 is 14.3 Å². The molecule has 36 heavy (non-hydrogen) atoms. The first-order valence-corrected chi connectivity index (χ1v) is 12.7. The van der Waals surface area contributed by atoms with E-state index >= 15 is 0 Å². The molecule has 3 aromatic carbocycles. The van der Waals surface area contributed by atoms with Crippen LogP contribution in [0.3, 0.4) is 0 Å². The van der Waals surface area contributed by atoms with Gasteiger partial charge >= 0.3 is 0 Å². The third-order valence-electron chi connectivity index (χ3n) is 6.79. The van der Waals surface area contributed by atoms with Crippen molar-refractivity contribution >= 4 is 46.2 Å². The number of nitrogens with zero attached hydrogens (tertiary/aromatic N) is 1. The lowest BCUT2D eigenvalue weighted by molar-refractivity contribution is -0.130. The lowest BCUT2D eigenvalue weighted by atomic mass is 9.78. The van der Waals surface area contributed by atoms with E-state index in [9.17, 15) is 4.79 Å². The molecule has 2 aliphatic rings. The second kappa shape index (κ2) is 9.30. The van der Waals surface area contributed by atoms with E-state index in [2.05, 4.69) is 10.6 Å². The van der Waals surface area contributed by atoms with Gasteiger partial charge in [-0.05, 0) is 94.0 Å². The number of carbonyl (C=O) groups is 1. The van der Waals surface area contributed by atoms with Gasteiger partial charge in [0.15, 0.2) is 10.8 Å². The van der Waals surface area contributed by atoms with E-state index in [-0.39, 0.29) is 5.91 Å². The number of halogens is 1. The molecule has 0 spiro atoms. The minimum absolute atomic E-state index is 0.175. The third kappa shape index (κ3) is 4.16. The van der Waals surface area contributed by atoms with Gasteiger partial charge in [0.1, 0.15) is 17.4 Å². The van der Waals surface area contributed by atoms with E-state index in [4.69, 9.17) is 33.3 Å². The Hall–Kier alpha value is -3.29. The van der Waals surface area contributed by atoms with Crippen LogP contribution in [-0.4, -0.2) is 23.4 Å². The van der Waals surface area contributed by atoms with Crippen LogP contribution in [-0.2, 0) is 4.79 Å². The monoisotopic (exact) mass is 521 g/mol. The standard InChI is InChI=1S/C28H28ClN3O3S/c1-5-34-20-10-8-19(9-11-20)32-27(36)31-25-21-15-18(29)7-13-23(21)35-28(32,4)24(25)26(33)30-22-12-6-16(2)14-17(22)3/h6-15,24-25H,5H2,1-4H3,(H,30,33)(H,31,36)/t24-,25+,28+/m0/s1. The van der Waals surface area contributed by atoms with Crippen molar-refractivity contribution in [2.24, 2.45) is 5.92 Å². The highest BCUT2D eigenvalue weighted by Crippen LogP contribution is 2.50. The van der Waals surface area contributed by atoms with E-state index in [1.165, 1.54) is 0 Å². The molecule has 1 saturated heterocycles. The molecule has 2 aliphatic heterocycles. The summed E-state index contributed by atoms with van der Waals surface area (Å²) in [6.07, 6.45) is 0. The maximum absolute atomic E-state index is 14.0. The van der Waals surface area contributed by atoms with Crippen molar-refractivity contribution in [3.63, 3.8) is 0 Å². The summed E-state index contributed by atoms with van der Waals surface area (Å²) < 4.78 is 12.2. The Kier molecular flexibility index (Phi) is 6.30. The minimum Gasteiger partial charge on any atom is -0.494 e. The molecule has 6 nitrogen and oxygen atoms in total. The summed E-state index contributed by atoms with van der Waals surface area (Å²) in [4.78, 5) is 15.9. The van der Waals surface area contributed by atoms with Gasteiger partial charge in [-0.15, -0.1) is 0 Å². The number of thiocarbonyl (C=S) groups is 1. The minimum atomic E-state index is -1.11. The highest BCUT2D eigenvalue weighted by atomic mass is 35.5. The smallest absolute Gasteiger partial charge is 0.236 e. The number of hydrogen-bond acceptors (Lipinski definition) is 4. The number of benzene rings is 3. The lowest BCUT2D eigenvalue weighted by Gasteiger charge is -2.56. The van der Waals surface area contributed by atoms with E-state index in [1.54, 1.807) is 6.07 Å². The Morgan fingerprint density at radius 3 is 2.61 bits per heavy atom. The number of hydrogen-bond donors (Lipinski definition) is 2. The highest BCUT2D eigenvalue weighted by Gasteiger charge is 2.59. The number of nitrogens with one attached hydrogen (secondary N) is 2. The van der Waals surface area contributed by atoms with Crippen LogP contribution >= 0.6 is 23.8 Å². The number of amides is 1. The van der Waals surface area contributed by atoms with Crippen molar-refractivity contribution in [1.82, 2.24) is 5.32 Å². The summed E-state index contributed by atoms with van der Waals surface area (Å²) >= 11 is 12.2. The summed E-state index contributed by atoms with van der Waals surface area (Å²) in [5.41, 5.74) is 3.37. The van der Waals surface area contributed by atoms with Gasteiger partial charge in [-0.2, -0.15) is 0 Å². The van der Waals surface area contributed by atoms with Crippen molar-refractivity contribution in [1.29, 1.82) is 0 Å². The lowest BCUT2D eigenvalue weighted by Crippen LogP contribution is -2.72. The second-order valence-electron chi connectivity index (χ2n) is 9.31. The molecule has 0 unspecified atom stereocenters. The Labute approximate surface area is 221 Å². The molecule has 8 heteroatoms. The summed E-state index contributed by atoms with van der Waals surface area (Å²) in [5, 5.41) is 7.58. The Morgan fingerprint density at radius 2 is 1.92 bits per heavy atom. The first-order valence-electron chi connectivity index (χ1n) is 11.9. The summed E-state index contributed by atoms with van der Waals surface area (Å²) in [5.74, 6) is 0.593. The van der Waals surface area contributed by atoms with Gasteiger partial charge in [-0.3, -0.25) is 9.69 Å². The Morgan fingerprint density at radius 1 is 1.17 bits per heavy atom. The summed E-state index contributed by atoms with van der Waals surface area (Å²) in [6, 6.07) is 18.6. The maximum atomic E-state index is 14.0. The quantitative estimate of drug-likeness (QED) is 0.392. The zero-order chi connectivity index (χ0) is 25.6. The average molecular weight is 522 g/mol. The second-order valence-corrected chi connectivity index (χ2v) is 10.1. The predicted molar refractivity (Wildman–Crippen MR) is 147 cm³/mol. The molecule has 1 amide bonds. The zero-order valence-electron chi connectivity index (χ0n) is 20.6. The van der Waals surface area contributed by atoms with Crippen LogP contribution in [0, 0.1) is 19.8 Å². The number of anilines is 2. The fourth-order valence-electron chi connectivity index (χ4n) is 5.17. The summed E-state index contributed by atoms with van der Waals surface area (Å²) in [6.45, 7) is 8.44. The third-order valence-corrected chi connectivity index (χ3v) is 7.32. The summed E-state index contributed by atoms with van der Waals surface area (Å²) in [7, 11) is 0. The molecule has 0 saturated carbocycles. The van der Waals surface area contributed by atoms with E-state index < -0.39 is 17.7 Å². The van der Waals surface area contributed by atoms with Gasteiger partial charge in [-0.1, -0.05) is 29.3 Å². The van der Waals surface area contributed by atoms with Crippen molar-refractivity contribution in [3.8, 4) is 11.5 Å². The highest BCUT2D eigenvalue weighted by molar-refractivity contribution is 7.80. The predicted octanol–water partition coefficient (Wildman–Crippen LogP) is 6.15.